The minimum absolute atomic E-state index is 0.0110. The second-order valence-electron chi connectivity index (χ2n) is 5.33. The first kappa shape index (κ1) is 13.8. The Morgan fingerprint density at radius 3 is 2.61 bits per heavy atom. The molecule has 2 rings (SSSR count). The second kappa shape index (κ2) is 5.57. The molecule has 2 saturated heterocycles. The third-order valence-electron chi connectivity index (χ3n) is 3.94. The summed E-state index contributed by atoms with van der Waals surface area (Å²) in [5.74, 6) is -1.54. The Kier molecular flexibility index (Phi) is 4.27. The van der Waals surface area contributed by atoms with Gasteiger partial charge in [-0.1, -0.05) is 0 Å². The van der Waals surface area contributed by atoms with Gasteiger partial charge in [0, 0.05) is 6.61 Å². The first-order valence-electron chi connectivity index (χ1n) is 6.53. The molecule has 5 nitrogen and oxygen atoms in total. The molecule has 2 fully saturated rings. The predicted octanol–water partition coefficient (Wildman–Crippen LogP) is 1.08. The molecule has 104 valence electrons. The van der Waals surface area contributed by atoms with Crippen LogP contribution in [0.1, 0.15) is 32.1 Å². The van der Waals surface area contributed by atoms with E-state index in [1.807, 2.05) is 0 Å². The van der Waals surface area contributed by atoms with Crippen molar-refractivity contribution in [3.63, 3.8) is 0 Å². The molecule has 2 heterocycles. The van der Waals surface area contributed by atoms with E-state index >= 15 is 0 Å². The molecule has 0 spiro atoms. The molecule has 6 heteroatoms. The van der Waals surface area contributed by atoms with E-state index in [4.69, 9.17) is 4.74 Å². The average molecular weight is 276 g/mol. The molecule has 18 heavy (non-hydrogen) atoms. The summed E-state index contributed by atoms with van der Waals surface area (Å²) in [6, 6.07) is 0. The molecule has 3 unspecified atom stereocenters. The molecule has 0 saturated carbocycles. The quantitative estimate of drug-likeness (QED) is 0.831. The van der Waals surface area contributed by atoms with E-state index in [2.05, 4.69) is 0 Å². The molecular formula is C12H20O5S. The minimum Gasteiger partial charge on any atom is -0.481 e. The predicted molar refractivity (Wildman–Crippen MR) is 66.1 cm³/mol. The Labute approximate surface area is 107 Å². The van der Waals surface area contributed by atoms with Crippen LogP contribution >= 0.6 is 0 Å². The summed E-state index contributed by atoms with van der Waals surface area (Å²) >= 11 is 0. The van der Waals surface area contributed by atoms with E-state index < -0.39 is 21.7 Å². The van der Waals surface area contributed by atoms with Crippen LogP contribution in [0.3, 0.4) is 0 Å². The summed E-state index contributed by atoms with van der Waals surface area (Å²) in [5.41, 5.74) is 0. The highest BCUT2D eigenvalue weighted by Gasteiger charge is 2.38. The lowest BCUT2D eigenvalue weighted by atomic mass is 9.85. The number of rotatable bonds is 4. The highest BCUT2D eigenvalue weighted by atomic mass is 32.2. The molecule has 2 aliphatic heterocycles. The molecule has 0 aromatic carbocycles. The fourth-order valence-corrected chi connectivity index (χ4v) is 4.79. The van der Waals surface area contributed by atoms with Gasteiger partial charge in [-0.3, -0.25) is 4.79 Å². The van der Waals surface area contributed by atoms with Crippen LogP contribution < -0.4 is 0 Å². The topological polar surface area (TPSA) is 80.7 Å². The normalized spacial score (nSPS) is 33.1. The molecule has 2 aliphatic rings. The molecule has 3 atom stereocenters. The standard InChI is InChI=1S/C12H20O5S/c13-12(14)11(7-10-3-1-2-5-17-10)9-4-6-18(15,16)8-9/h9-11H,1-8H2,(H,13,14). The summed E-state index contributed by atoms with van der Waals surface area (Å²) in [4.78, 5) is 11.3. The van der Waals surface area contributed by atoms with Crippen molar-refractivity contribution in [3.05, 3.63) is 0 Å². The number of aliphatic carboxylic acids is 1. The second-order valence-corrected chi connectivity index (χ2v) is 7.56. The van der Waals surface area contributed by atoms with Crippen LogP contribution in [0.2, 0.25) is 0 Å². The molecule has 0 aromatic heterocycles. The summed E-state index contributed by atoms with van der Waals surface area (Å²) in [5, 5.41) is 9.28. The van der Waals surface area contributed by atoms with E-state index in [0.29, 0.717) is 19.4 Å². The van der Waals surface area contributed by atoms with Crippen LogP contribution in [0.4, 0.5) is 0 Å². The van der Waals surface area contributed by atoms with Gasteiger partial charge >= 0.3 is 5.97 Å². The minimum atomic E-state index is -3.02. The van der Waals surface area contributed by atoms with Crippen LogP contribution in [0.5, 0.6) is 0 Å². The van der Waals surface area contributed by atoms with Gasteiger partial charge < -0.3 is 9.84 Å². The Hall–Kier alpha value is -0.620. The van der Waals surface area contributed by atoms with Crippen LogP contribution in [0.15, 0.2) is 0 Å². The number of hydrogen-bond acceptors (Lipinski definition) is 4. The zero-order valence-electron chi connectivity index (χ0n) is 10.4. The molecule has 1 N–H and O–H groups in total. The number of ether oxygens (including phenoxy) is 1. The third-order valence-corrected chi connectivity index (χ3v) is 5.74. The first-order valence-corrected chi connectivity index (χ1v) is 8.35. The van der Waals surface area contributed by atoms with Gasteiger partial charge in [0.25, 0.3) is 0 Å². The van der Waals surface area contributed by atoms with Crippen molar-refractivity contribution in [3.8, 4) is 0 Å². The van der Waals surface area contributed by atoms with E-state index in [-0.39, 0.29) is 23.5 Å². The first-order chi connectivity index (χ1) is 8.48. The summed E-state index contributed by atoms with van der Waals surface area (Å²) in [6.07, 6.45) is 3.92. The highest BCUT2D eigenvalue weighted by molar-refractivity contribution is 7.91. The van der Waals surface area contributed by atoms with Crippen LogP contribution in [-0.4, -0.2) is 43.7 Å². The smallest absolute Gasteiger partial charge is 0.306 e. The Bertz CT molecular complexity index is 397. The highest BCUT2D eigenvalue weighted by Crippen LogP contribution is 2.31. The zero-order chi connectivity index (χ0) is 13.2. The van der Waals surface area contributed by atoms with Gasteiger partial charge in [-0.25, -0.2) is 8.42 Å². The van der Waals surface area contributed by atoms with Crippen molar-refractivity contribution >= 4 is 15.8 Å². The lowest BCUT2D eigenvalue weighted by Crippen LogP contribution is -2.31. The van der Waals surface area contributed by atoms with E-state index in [1.165, 1.54) is 0 Å². The zero-order valence-corrected chi connectivity index (χ0v) is 11.2. The monoisotopic (exact) mass is 276 g/mol. The fourth-order valence-electron chi connectivity index (χ4n) is 2.91. The molecule has 0 amide bonds. The van der Waals surface area contributed by atoms with Gasteiger partial charge in [0.1, 0.15) is 0 Å². The molecule has 0 radical (unpaired) electrons. The molecule has 0 bridgehead atoms. The van der Waals surface area contributed by atoms with Crippen molar-refractivity contribution < 1.29 is 23.1 Å². The van der Waals surface area contributed by atoms with Crippen molar-refractivity contribution in [1.29, 1.82) is 0 Å². The van der Waals surface area contributed by atoms with E-state index in [9.17, 15) is 18.3 Å². The number of hydrogen-bond donors (Lipinski definition) is 1. The number of sulfone groups is 1. The SMILES string of the molecule is O=C(O)C(CC1CCCCO1)C1CCS(=O)(=O)C1. The third kappa shape index (κ3) is 3.45. The van der Waals surface area contributed by atoms with Crippen molar-refractivity contribution in [2.24, 2.45) is 11.8 Å². The molecule has 0 aliphatic carbocycles. The van der Waals surface area contributed by atoms with Crippen molar-refractivity contribution in [2.45, 2.75) is 38.2 Å². The maximum Gasteiger partial charge on any atom is 0.306 e. The van der Waals surface area contributed by atoms with Crippen molar-refractivity contribution in [1.82, 2.24) is 0 Å². The van der Waals surface area contributed by atoms with Crippen LogP contribution in [-0.2, 0) is 19.4 Å². The van der Waals surface area contributed by atoms with E-state index in [0.717, 1.165) is 19.3 Å². The van der Waals surface area contributed by atoms with Crippen LogP contribution in [0.25, 0.3) is 0 Å². The van der Waals surface area contributed by atoms with Gasteiger partial charge in [-0.2, -0.15) is 0 Å². The Morgan fingerprint density at radius 1 is 1.33 bits per heavy atom. The lowest BCUT2D eigenvalue weighted by Gasteiger charge is -2.27. The van der Waals surface area contributed by atoms with Crippen LogP contribution in [0, 0.1) is 11.8 Å². The van der Waals surface area contributed by atoms with Gasteiger partial charge in [0.2, 0.25) is 0 Å². The van der Waals surface area contributed by atoms with E-state index in [1.54, 1.807) is 0 Å². The molecular weight excluding hydrogens is 256 g/mol. The summed E-state index contributed by atoms with van der Waals surface area (Å²) < 4.78 is 28.4. The fraction of sp³-hybridized carbons (Fsp3) is 0.917. The van der Waals surface area contributed by atoms with Gasteiger partial charge in [-0.15, -0.1) is 0 Å². The van der Waals surface area contributed by atoms with Gasteiger partial charge in [0.05, 0.1) is 23.5 Å². The molecule has 0 aromatic rings. The number of carboxylic acid groups (broad SMARTS) is 1. The average Bonchev–Trinajstić information content (AvgIpc) is 2.67. The Morgan fingerprint density at radius 2 is 2.11 bits per heavy atom. The number of carboxylic acids is 1. The number of carbonyl (C=O) groups is 1. The Balaban J connectivity index is 1.98. The lowest BCUT2D eigenvalue weighted by molar-refractivity contribution is -0.145. The summed E-state index contributed by atoms with van der Waals surface area (Å²) in [6.45, 7) is 0.694. The maximum absolute atomic E-state index is 11.4. The summed E-state index contributed by atoms with van der Waals surface area (Å²) in [7, 11) is -3.02. The maximum atomic E-state index is 11.4. The van der Waals surface area contributed by atoms with Gasteiger partial charge in [-0.05, 0) is 38.0 Å². The van der Waals surface area contributed by atoms with Crippen molar-refractivity contribution in [2.75, 3.05) is 18.1 Å². The van der Waals surface area contributed by atoms with Gasteiger partial charge in [0.15, 0.2) is 9.84 Å². The largest absolute Gasteiger partial charge is 0.481 e.